The van der Waals surface area contributed by atoms with Gasteiger partial charge in [-0.15, -0.1) is 0 Å². The van der Waals surface area contributed by atoms with Crippen LogP contribution in [-0.4, -0.2) is 42.5 Å². The Morgan fingerprint density at radius 2 is 1.65 bits per heavy atom. The number of fused-ring (bicyclic) bond motifs is 1. The van der Waals surface area contributed by atoms with Gasteiger partial charge in [-0.2, -0.15) is 0 Å². The average molecular weight is 673 g/mol. The molecule has 3 N–H and O–H groups in total. The summed E-state index contributed by atoms with van der Waals surface area (Å²) < 4.78 is 2.88. The second kappa shape index (κ2) is 12.3. The minimum atomic E-state index is -0.625. The fourth-order valence-corrected chi connectivity index (χ4v) is 7.61. The van der Waals surface area contributed by atoms with Crippen LogP contribution in [0.4, 0.5) is 5.69 Å². The third-order valence-corrected chi connectivity index (χ3v) is 10.4. The van der Waals surface area contributed by atoms with Crippen molar-refractivity contribution < 1.29 is 9.59 Å². The molecule has 0 bridgehead atoms. The molecule has 0 aliphatic rings. The van der Waals surface area contributed by atoms with Gasteiger partial charge < -0.3 is 0 Å². The van der Waals surface area contributed by atoms with Crippen molar-refractivity contribution in [1.82, 2.24) is 15.0 Å². The van der Waals surface area contributed by atoms with Gasteiger partial charge >= 0.3 is 252 Å². The molecular weight excluding hydrogens is 649 g/mol. The van der Waals surface area contributed by atoms with Gasteiger partial charge in [0.15, 0.2) is 0 Å². The number of hydrogen-bond donors (Lipinski definition) is 2. The molecule has 2 heterocycles. The van der Waals surface area contributed by atoms with Crippen LogP contribution in [0.1, 0.15) is 46.2 Å². The normalized spacial score (nSPS) is 11.4. The molecule has 0 unspecified atom stereocenters. The Balaban J connectivity index is 1.51. The van der Waals surface area contributed by atoms with E-state index >= 15 is 0 Å². The van der Waals surface area contributed by atoms with Crippen LogP contribution < -0.4 is 19.9 Å². The molecule has 0 aliphatic heterocycles. The number of amides is 2. The van der Waals surface area contributed by atoms with Crippen LogP contribution in [0.25, 0.3) is 11.0 Å². The van der Waals surface area contributed by atoms with E-state index in [1.54, 1.807) is 30.2 Å². The number of pyridine rings is 1. The summed E-state index contributed by atoms with van der Waals surface area (Å²) in [5, 5.41) is 3.89. The molecule has 0 saturated heterocycles. The van der Waals surface area contributed by atoms with Gasteiger partial charge in [0.2, 0.25) is 0 Å². The molecule has 0 fully saturated rings. The number of aromatic nitrogens is 3. The van der Waals surface area contributed by atoms with E-state index in [1.165, 1.54) is 0 Å². The van der Waals surface area contributed by atoms with E-state index in [9.17, 15) is 9.59 Å². The number of rotatable bonds is 8. The molecule has 0 saturated carbocycles. The zero-order valence-electron chi connectivity index (χ0n) is 21.6. The molecule has 3 aromatic carbocycles. The van der Waals surface area contributed by atoms with Crippen LogP contribution in [0.15, 0.2) is 99.5 Å². The summed E-state index contributed by atoms with van der Waals surface area (Å²) >= 11 is 4.36. The molecular formula is C30H24AsBrN5O2S. The fourth-order valence-electron chi connectivity index (χ4n) is 3.85. The van der Waals surface area contributed by atoms with Gasteiger partial charge in [-0.3, -0.25) is 0 Å². The van der Waals surface area contributed by atoms with Crippen LogP contribution in [0, 0.1) is 0 Å². The Labute approximate surface area is 251 Å². The van der Waals surface area contributed by atoms with Crippen LogP contribution in [0.3, 0.4) is 0 Å². The molecule has 2 amide bonds. The van der Waals surface area contributed by atoms with Gasteiger partial charge in [0, 0.05) is 0 Å². The Morgan fingerprint density at radius 1 is 0.925 bits per heavy atom. The summed E-state index contributed by atoms with van der Waals surface area (Å²) in [6.07, 6.45) is 1.56. The topological polar surface area (TPSA) is 111 Å². The van der Waals surface area contributed by atoms with Crippen molar-refractivity contribution in [3.63, 3.8) is 0 Å². The van der Waals surface area contributed by atoms with E-state index in [2.05, 4.69) is 45.1 Å². The molecule has 0 atom stereocenters. The second-order valence-electron chi connectivity index (χ2n) is 9.21. The molecule has 10 heteroatoms. The van der Waals surface area contributed by atoms with E-state index in [-0.39, 0.29) is 5.91 Å². The summed E-state index contributed by atoms with van der Waals surface area (Å²) in [7, 11) is 0. The number of nitrogens with zero attached hydrogens (tertiary/aromatic N) is 3. The van der Waals surface area contributed by atoms with E-state index in [0.717, 1.165) is 34.2 Å². The first-order valence-electron chi connectivity index (χ1n) is 12.4. The van der Waals surface area contributed by atoms with Crippen molar-refractivity contribution in [2.45, 2.75) is 29.6 Å². The van der Waals surface area contributed by atoms with Crippen LogP contribution in [-0.2, 0) is 0 Å². The third-order valence-electron chi connectivity index (χ3n) is 6.01. The number of halogens is 1. The van der Waals surface area contributed by atoms with E-state index in [0.29, 0.717) is 28.4 Å². The van der Waals surface area contributed by atoms with Crippen LogP contribution in [0.2, 0.25) is 0 Å². The van der Waals surface area contributed by atoms with Gasteiger partial charge in [-0.1, -0.05) is 0 Å². The first-order chi connectivity index (χ1) is 19.3. The molecule has 2 aromatic heterocycles. The van der Waals surface area contributed by atoms with E-state index in [4.69, 9.17) is 10.7 Å². The maximum absolute atomic E-state index is 13.2. The molecule has 0 aliphatic carbocycles. The number of nitrogens with two attached hydrogens (primary N) is 1. The molecule has 199 valence electrons. The number of hydrogen-bond acceptors (Lipinski definition) is 6. The van der Waals surface area contributed by atoms with Crippen molar-refractivity contribution in [1.29, 1.82) is 0 Å². The first kappa shape index (κ1) is 28.0. The summed E-state index contributed by atoms with van der Waals surface area (Å²) in [5.74, 6) is -0.364. The van der Waals surface area contributed by atoms with E-state index < -0.39 is 21.7 Å². The molecule has 7 nitrogen and oxygen atoms in total. The number of carbonyl (C=O) groups is 2. The zero-order valence-corrected chi connectivity index (χ0v) is 25.9. The van der Waals surface area contributed by atoms with Gasteiger partial charge in [0.1, 0.15) is 0 Å². The maximum atomic E-state index is 13.2. The predicted octanol–water partition coefficient (Wildman–Crippen LogP) is 5.07. The monoisotopic (exact) mass is 672 g/mol. The number of nitrogens with one attached hydrogen (secondary N) is 1. The van der Waals surface area contributed by atoms with E-state index in [1.807, 2.05) is 66.7 Å². The quantitative estimate of drug-likeness (QED) is 0.223. The Hall–Kier alpha value is -3.52. The number of anilines is 1. The molecule has 5 aromatic rings. The summed E-state index contributed by atoms with van der Waals surface area (Å²) in [6.45, 7) is 4.21. The molecule has 40 heavy (non-hydrogen) atoms. The Morgan fingerprint density at radius 3 is 2.35 bits per heavy atom. The fraction of sp³-hybridized carbons (Fsp3) is 0.100. The van der Waals surface area contributed by atoms with Gasteiger partial charge in [-0.05, 0) is 0 Å². The van der Waals surface area contributed by atoms with Gasteiger partial charge in [0.25, 0.3) is 0 Å². The summed E-state index contributed by atoms with van der Waals surface area (Å²) in [6, 6.07) is 24.4. The SMILES string of the molecule is CC(C)c1ccc2c([As]c3cc(C(=O)Nc4ccc(Br)cc4)ccc3Sc3ccc(C(N)=O)cc3)ncnc2n1. The standard InChI is InChI=1S/C30H24AsBrN5O2S/c1-17(2)25-13-12-23-27(34-16-35-29(23)37-25)31-24-15-19(30(39)36-21-8-6-20(32)7-9-21)5-14-26(24)40-22-10-3-18(4-11-22)28(33)38/h3-17H,1-2H3,(H2,33,38)(H,36,39). The minimum absolute atomic E-state index is 0.192. The van der Waals surface area contributed by atoms with Crippen molar-refractivity contribution in [2.75, 3.05) is 5.32 Å². The number of primary amides is 1. The van der Waals surface area contributed by atoms with Gasteiger partial charge in [-0.25, -0.2) is 0 Å². The average Bonchev–Trinajstić information content (AvgIpc) is 2.95. The first-order valence-corrected chi connectivity index (χ1v) is 15.9. The van der Waals surface area contributed by atoms with Crippen molar-refractivity contribution in [3.8, 4) is 0 Å². The molecule has 0 spiro atoms. The van der Waals surface area contributed by atoms with Crippen molar-refractivity contribution in [3.05, 3.63) is 106 Å². The summed E-state index contributed by atoms with van der Waals surface area (Å²) in [5.41, 5.74) is 8.78. The summed E-state index contributed by atoms with van der Waals surface area (Å²) in [4.78, 5) is 40.4. The van der Waals surface area contributed by atoms with Crippen LogP contribution >= 0.6 is 27.7 Å². The van der Waals surface area contributed by atoms with Crippen molar-refractivity contribution in [2.24, 2.45) is 5.73 Å². The number of carbonyl (C=O) groups excluding carboxylic acids is 2. The van der Waals surface area contributed by atoms with Crippen molar-refractivity contribution >= 4 is 80.8 Å². The Kier molecular flexibility index (Phi) is 8.64. The molecule has 1 radical (unpaired) electrons. The number of benzene rings is 3. The zero-order chi connectivity index (χ0) is 28.2. The van der Waals surface area contributed by atoms with Crippen LogP contribution in [0.5, 0.6) is 0 Å². The predicted molar refractivity (Wildman–Crippen MR) is 164 cm³/mol. The Bertz CT molecular complexity index is 1710. The third kappa shape index (κ3) is 6.61. The molecule has 5 rings (SSSR count). The second-order valence-corrected chi connectivity index (χ2v) is 13.6. The van der Waals surface area contributed by atoms with Gasteiger partial charge in [0.05, 0.1) is 0 Å².